The predicted molar refractivity (Wildman–Crippen MR) is 109 cm³/mol. The number of pyridine rings is 1. The molecule has 0 radical (unpaired) electrons. The second-order valence-corrected chi connectivity index (χ2v) is 8.34. The first kappa shape index (κ1) is 17.2. The molecule has 0 aliphatic rings. The molecule has 1 aromatic carbocycles. The number of nitrogens with one attached hydrogen (secondary N) is 1. The van der Waals surface area contributed by atoms with Gasteiger partial charge in [0.25, 0.3) is 15.9 Å². The van der Waals surface area contributed by atoms with E-state index >= 15 is 0 Å². The fourth-order valence-corrected chi connectivity index (χ4v) is 3.96. The van der Waals surface area contributed by atoms with E-state index in [4.69, 9.17) is 8.85 Å². The SMILES string of the molecule is [2H]C([2H])([2H])n1ncc2ccc(OC)c(NS(=O)(=O)c3cnn(-c4cc(C(C)(F)F)ccn4)c3)c21. The summed E-state index contributed by atoms with van der Waals surface area (Å²) in [6, 6.07) is 5.25. The third kappa shape index (κ3) is 3.81. The molecule has 0 saturated carbocycles. The Labute approximate surface area is 180 Å². The summed E-state index contributed by atoms with van der Waals surface area (Å²) in [4.78, 5) is 3.64. The number of rotatable bonds is 6. The summed E-state index contributed by atoms with van der Waals surface area (Å²) in [5.74, 6) is -3.07. The molecule has 0 aliphatic carbocycles. The average molecular weight is 451 g/mol. The van der Waals surface area contributed by atoms with Crippen LogP contribution in [-0.2, 0) is 22.9 Å². The number of alkyl halides is 2. The van der Waals surface area contributed by atoms with Gasteiger partial charge in [0, 0.05) is 35.2 Å². The van der Waals surface area contributed by atoms with Crippen molar-refractivity contribution in [2.45, 2.75) is 17.7 Å². The normalized spacial score (nSPS) is 14.1. The van der Waals surface area contributed by atoms with Crippen LogP contribution in [0, 0.1) is 0 Å². The lowest BCUT2D eigenvalue weighted by Crippen LogP contribution is -2.14. The van der Waals surface area contributed by atoms with Gasteiger partial charge < -0.3 is 4.74 Å². The zero-order chi connectivity index (χ0) is 24.9. The summed E-state index contributed by atoms with van der Waals surface area (Å²) in [5.41, 5.74) is -0.452. The number of fused-ring (bicyclic) bond motifs is 1. The molecular weight excluding hydrogens is 430 g/mol. The van der Waals surface area contributed by atoms with Gasteiger partial charge in [-0.15, -0.1) is 0 Å². The Bertz CT molecular complexity index is 1480. The van der Waals surface area contributed by atoms with Crippen LogP contribution in [-0.4, -0.2) is 40.1 Å². The Morgan fingerprint density at radius 2 is 2.03 bits per heavy atom. The van der Waals surface area contributed by atoms with Gasteiger partial charge in [-0.05, 0) is 24.3 Å². The van der Waals surface area contributed by atoms with Crippen molar-refractivity contribution in [3.8, 4) is 11.6 Å². The van der Waals surface area contributed by atoms with E-state index in [1.54, 1.807) is 6.07 Å². The standard InChI is InChI=1S/C19H18F2N6O3S/c1-19(20,21)13-6-7-22-16(8-13)27-11-14(10-24-27)31(28,29)25-17-15(30-3)5-4-12-9-23-26(2)18(12)17/h4-11,25H,1-3H3/i2D3. The molecule has 3 heterocycles. The number of aryl methyl sites for hydroxylation is 1. The Balaban J connectivity index is 1.76. The second kappa shape index (κ2) is 7.30. The van der Waals surface area contributed by atoms with Crippen LogP contribution in [0.5, 0.6) is 5.75 Å². The highest BCUT2D eigenvalue weighted by Gasteiger charge is 2.26. The highest BCUT2D eigenvalue weighted by molar-refractivity contribution is 7.92. The molecule has 0 atom stereocenters. The first-order valence-corrected chi connectivity index (χ1v) is 10.3. The monoisotopic (exact) mass is 451 g/mol. The molecule has 0 amide bonds. The van der Waals surface area contributed by atoms with Crippen molar-refractivity contribution in [1.29, 1.82) is 0 Å². The van der Waals surface area contributed by atoms with Crippen LogP contribution in [0.1, 0.15) is 16.6 Å². The van der Waals surface area contributed by atoms with Gasteiger partial charge in [-0.3, -0.25) is 9.40 Å². The molecule has 0 saturated heterocycles. The molecule has 3 aromatic heterocycles. The molecule has 1 N–H and O–H groups in total. The van der Waals surface area contributed by atoms with Gasteiger partial charge in [0.1, 0.15) is 16.3 Å². The fourth-order valence-electron chi connectivity index (χ4n) is 2.95. The number of anilines is 1. The number of aromatic nitrogens is 5. The summed E-state index contributed by atoms with van der Waals surface area (Å²) in [5, 5.41) is 8.14. The maximum atomic E-state index is 13.7. The number of sulfonamides is 1. The number of hydrogen-bond donors (Lipinski definition) is 1. The minimum atomic E-state index is -4.32. The third-order valence-corrected chi connectivity index (χ3v) is 5.81. The van der Waals surface area contributed by atoms with Gasteiger partial charge in [-0.1, -0.05) is 0 Å². The molecule has 4 aromatic rings. The summed E-state index contributed by atoms with van der Waals surface area (Å²) in [6.07, 6.45) is 4.56. The van der Waals surface area contributed by atoms with Gasteiger partial charge in [-0.2, -0.15) is 10.2 Å². The average Bonchev–Trinajstić information content (AvgIpc) is 3.41. The molecule has 0 bridgehead atoms. The van der Waals surface area contributed by atoms with Crippen LogP contribution in [0.25, 0.3) is 16.7 Å². The lowest BCUT2D eigenvalue weighted by atomic mass is 10.1. The second-order valence-electron chi connectivity index (χ2n) is 6.65. The van der Waals surface area contributed by atoms with Crippen LogP contribution in [0.4, 0.5) is 14.5 Å². The van der Waals surface area contributed by atoms with E-state index in [9.17, 15) is 17.2 Å². The van der Waals surface area contributed by atoms with Crippen molar-refractivity contribution in [3.05, 3.63) is 54.6 Å². The predicted octanol–water partition coefficient (Wildman–Crippen LogP) is 3.08. The van der Waals surface area contributed by atoms with Gasteiger partial charge in [-0.25, -0.2) is 26.9 Å². The smallest absolute Gasteiger partial charge is 0.270 e. The highest BCUT2D eigenvalue weighted by atomic mass is 32.2. The van der Waals surface area contributed by atoms with Gasteiger partial charge in [0.05, 0.1) is 31.2 Å². The molecule has 9 nitrogen and oxygen atoms in total. The number of benzene rings is 1. The van der Waals surface area contributed by atoms with Crippen molar-refractivity contribution < 1.29 is 26.0 Å². The number of hydrogen-bond acceptors (Lipinski definition) is 6. The van der Waals surface area contributed by atoms with E-state index in [0.717, 1.165) is 42.3 Å². The zero-order valence-electron chi connectivity index (χ0n) is 19.2. The quantitative estimate of drug-likeness (QED) is 0.483. The van der Waals surface area contributed by atoms with Crippen molar-refractivity contribution in [2.24, 2.45) is 6.98 Å². The number of nitrogens with zero attached hydrogens (tertiary/aromatic N) is 5. The van der Waals surface area contributed by atoms with Crippen LogP contribution in [0.3, 0.4) is 0 Å². The molecule has 0 unspecified atom stereocenters. The highest BCUT2D eigenvalue weighted by Crippen LogP contribution is 2.34. The van der Waals surface area contributed by atoms with E-state index in [2.05, 4.69) is 19.9 Å². The number of methoxy groups -OCH3 is 1. The van der Waals surface area contributed by atoms with Crippen LogP contribution in [0.2, 0.25) is 0 Å². The van der Waals surface area contributed by atoms with Crippen molar-refractivity contribution >= 4 is 26.6 Å². The Kier molecular flexibility index (Phi) is 4.05. The number of ether oxygens (including phenoxy) is 1. The zero-order valence-corrected chi connectivity index (χ0v) is 17.1. The fraction of sp³-hybridized carbons (Fsp3) is 0.211. The topological polar surface area (TPSA) is 104 Å². The summed E-state index contributed by atoms with van der Waals surface area (Å²) in [6.45, 7) is -1.95. The molecule has 12 heteroatoms. The van der Waals surface area contributed by atoms with E-state index in [-0.39, 0.29) is 33.2 Å². The molecular formula is C19H18F2N6O3S. The summed E-state index contributed by atoms with van der Waals surface area (Å²) in [7, 11) is -3.02. The largest absolute Gasteiger partial charge is 0.494 e. The van der Waals surface area contributed by atoms with Crippen LogP contribution in [0.15, 0.2) is 53.9 Å². The maximum Gasteiger partial charge on any atom is 0.270 e. The van der Waals surface area contributed by atoms with Crippen molar-refractivity contribution in [3.63, 3.8) is 0 Å². The number of halogens is 2. The summed E-state index contributed by atoms with van der Waals surface area (Å²) >= 11 is 0. The van der Waals surface area contributed by atoms with Crippen LogP contribution >= 0.6 is 0 Å². The van der Waals surface area contributed by atoms with Crippen LogP contribution < -0.4 is 9.46 Å². The first-order chi connectivity index (χ1) is 15.8. The molecule has 4 rings (SSSR count). The molecule has 31 heavy (non-hydrogen) atoms. The maximum absolute atomic E-state index is 13.7. The molecule has 0 fully saturated rings. The lowest BCUT2D eigenvalue weighted by Gasteiger charge is -2.13. The van der Waals surface area contributed by atoms with Gasteiger partial charge in [0.2, 0.25) is 0 Å². The summed E-state index contributed by atoms with van der Waals surface area (Å²) < 4.78 is 86.0. The minimum Gasteiger partial charge on any atom is -0.494 e. The van der Waals surface area contributed by atoms with E-state index in [1.807, 2.05) is 0 Å². The lowest BCUT2D eigenvalue weighted by molar-refractivity contribution is 0.0173. The van der Waals surface area contributed by atoms with E-state index in [1.165, 1.54) is 19.4 Å². The Morgan fingerprint density at radius 3 is 2.74 bits per heavy atom. The first-order valence-electron chi connectivity index (χ1n) is 10.3. The Morgan fingerprint density at radius 1 is 1.23 bits per heavy atom. The molecule has 0 spiro atoms. The van der Waals surface area contributed by atoms with E-state index in [0.29, 0.717) is 10.1 Å². The van der Waals surface area contributed by atoms with Gasteiger partial charge >= 0.3 is 0 Å². The third-order valence-electron chi connectivity index (χ3n) is 4.51. The minimum absolute atomic E-state index is 0.00476. The molecule has 0 aliphatic heterocycles. The van der Waals surface area contributed by atoms with Crippen molar-refractivity contribution in [1.82, 2.24) is 24.5 Å². The molecule has 162 valence electrons. The van der Waals surface area contributed by atoms with Crippen molar-refractivity contribution in [2.75, 3.05) is 11.8 Å². The Hall–Kier alpha value is -3.54. The van der Waals surface area contributed by atoms with Gasteiger partial charge in [0.15, 0.2) is 5.82 Å². The van der Waals surface area contributed by atoms with E-state index < -0.39 is 22.9 Å².